The maximum atomic E-state index is 3.68. The van der Waals surface area contributed by atoms with Gasteiger partial charge in [-0.25, -0.2) is 0 Å². The van der Waals surface area contributed by atoms with Gasteiger partial charge in [-0.2, -0.15) is 0 Å². The van der Waals surface area contributed by atoms with Gasteiger partial charge in [-0.05, 0) is 38.5 Å². The van der Waals surface area contributed by atoms with Crippen LogP contribution in [0.5, 0.6) is 0 Å². The number of nitrogens with one attached hydrogen (secondary N) is 1. The molecule has 2 heteroatoms. The summed E-state index contributed by atoms with van der Waals surface area (Å²) in [5, 5.41) is 3.68. The van der Waals surface area contributed by atoms with Crippen molar-refractivity contribution in [3.63, 3.8) is 0 Å². The Kier molecular flexibility index (Phi) is 4.14. The average molecular weight is 238 g/mol. The van der Waals surface area contributed by atoms with Crippen LogP contribution in [0.2, 0.25) is 0 Å². The zero-order valence-corrected chi connectivity index (χ0v) is 12.1. The zero-order chi connectivity index (χ0) is 12.5. The fraction of sp³-hybridized carbons (Fsp3) is 1.00. The molecule has 0 aromatic heterocycles. The van der Waals surface area contributed by atoms with E-state index >= 15 is 0 Å². The van der Waals surface area contributed by atoms with Crippen molar-refractivity contribution < 1.29 is 0 Å². The van der Waals surface area contributed by atoms with Gasteiger partial charge in [0.25, 0.3) is 0 Å². The van der Waals surface area contributed by atoms with E-state index in [1.165, 1.54) is 45.3 Å². The van der Waals surface area contributed by atoms with Gasteiger partial charge in [-0.1, -0.05) is 26.7 Å². The van der Waals surface area contributed by atoms with Gasteiger partial charge in [0.2, 0.25) is 0 Å². The van der Waals surface area contributed by atoms with Crippen molar-refractivity contribution in [1.82, 2.24) is 10.2 Å². The van der Waals surface area contributed by atoms with E-state index in [-0.39, 0.29) is 0 Å². The summed E-state index contributed by atoms with van der Waals surface area (Å²) in [6, 6.07) is 0.760. The van der Waals surface area contributed by atoms with Crippen molar-refractivity contribution in [2.45, 2.75) is 65.0 Å². The molecule has 1 N–H and O–H groups in total. The SMILES string of the molecule is CCC1CNC(C)(C)CN1CC1CCCC1C. The van der Waals surface area contributed by atoms with Crippen LogP contribution in [-0.2, 0) is 0 Å². The molecule has 1 saturated carbocycles. The van der Waals surface area contributed by atoms with Gasteiger partial charge in [0.1, 0.15) is 0 Å². The van der Waals surface area contributed by atoms with Gasteiger partial charge in [0.05, 0.1) is 0 Å². The summed E-state index contributed by atoms with van der Waals surface area (Å²) < 4.78 is 0. The molecule has 0 amide bonds. The largest absolute Gasteiger partial charge is 0.309 e. The monoisotopic (exact) mass is 238 g/mol. The molecule has 0 aromatic carbocycles. The average Bonchev–Trinajstić information content (AvgIpc) is 2.64. The molecule has 1 aliphatic heterocycles. The molecule has 1 heterocycles. The Morgan fingerprint density at radius 1 is 1.29 bits per heavy atom. The second-order valence-corrected chi connectivity index (χ2v) is 6.92. The zero-order valence-electron chi connectivity index (χ0n) is 12.1. The van der Waals surface area contributed by atoms with Gasteiger partial charge in [0, 0.05) is 31.2 Å². The number of nitrogens with zero attached hydrogens (tertiary/aromatic N) is 1. The molecule has 2 rings (SSSR count). The molecule has 0 radical (unpaired) electrons. The van der Waals surface area contributed by atoms with Crippen molar-refractivity contribution in [3.05, 3.63) is 0 Å². The third-order valence-electron chi connectivity index (χ3n) is 4.91. The van der Waals surface area contributed by atoms with Crippen LogP contribution < -0.4 is 5.32 Å². The van der Waals surface area contributed by atoms with Crippen molar-refractivity contribution in [2.75, 3.05) is 19.6 Å². The summed E-state index contributed by atoms with van der Waals surface area (Å²) in [6.45, 7) is 13.2. The topological polar surface area (TPSA) is 15.3 Å². The molecule has 0 spiro atoms. The lowest BCUT2D eigenvalue weighted by atomic mass is 9.92. The van der Waals surface area contributed by atoms with Gasteiger partial charge < -0.3 is 5.32 Å². The van der Waals surface area contributed by atoms with Crippen LogP contribution in [0.4, 0.5) is 0 Å². The Morgan fingerprint density at radius 2 is 2.06 bits per heavy atom. The molecule has 1 aliphatic carbocycles. The van der Waals surface area contributed by atoms with Gasteiger partial charge in [-0.3, -0.25) is 4.90 Å². The predicted molar refractivity (Wildman–Crippen MR) is 74.2 cm³/mol. The number of hydrogen-bond donors (Lipinski definition) is 1. The molecule has 3 unspecified atom stereocenters. The molecule has 100 valence electrons. The summed E-state index contributed by atoms with van der Waals surface area (Å²) in [5.74, 6) is 1.91. The first-order valence-electron chi connectivity index (χ1n) is 7.51. The second kappa shape index (κ2) is 5.27. The molecule has 3 atom stereocenters. The second-order valence-electron chi connectivity index (χ2n) is 6.92. The fourth-order valence-corrected chi connectivity index (χ4v) is 3.63. The van der Waals surface area contributed by atoms with Crippen LogP contribution in [0.3, 0.4) is 0 Å². The van der Waals surface area contributed by atoms with Gasteiger partial charge in [-0.15, -0.1) is 0 Å². The highest BCUT2D eigenvalue weighted by Crippen LogP contribution is 2.33. The van der Waals surface area contributed by atoms with Crippen LogP contribution in [0.15, 0.2) is 0 Å². The van der Waals surface area contributed by atoms with Gasteiger partial charge >= 0.3 is 0 Å². The van der Waals surface area contributed by atoms with Gasteiger partial charge in [0.15, 0.2) is 0 Å². The Morgan fingerprint density at radius 3 is 2.65 bits per heavy atom. The number of rotatable bonds is 3. The van der Waals surface area contributed by atoms with Crippen molar-refractivity contribution in [3.8, 4) is 0 Å². The van der Waals surface area contributed by atoms with Crippen LogP contribution in [0.25, 0.3) is 0 Å². The highest BCUT2D eigenvalue weighted by molar-refractivity contribution is 4.93. The Bertz CT molecular complexity index is 249. The van der Waals surface area contributed by atoms with E-state index < -0.39 is 0 Å². The van der Waals surface area contributed by atoms with E-state index in [4.69, 9.17) is 0 Å². The molecule has 17 heavy (non-hydrogen) atoms. The lowest BCUT2D eigenvalue weighted by Crippen LogP contribution is -2.62. The van der Waals surface area contributed by atoms with Crippen LogP contribution in [0.1, 0.15) is 53.4 Å². The molecule has 0 bridgehead atoms. The minimum absolute atomic E-state index is 0.299. The maximum absolute atomic E-state index is 3.68. The van der Waals surface area contributed by atoms with E-state index in [0.29, 0.717) is 5.54 Å². The quantitative estimate of drug-likeness (QED) is 0.813. The summed E-state index contributed by atoms with van der Waals surface area (Å²) >= 11 is 0. The normalized spacial score (nSPS) is 38.5. The van der Waals surface area contributed by atoms with E-state index in [2.05, 4.69) is 37.9 Å². The minimum atomic E-state index is 0.299. The standard InChI is InChI=1S/C15H30N2/c1-5-14-9-16-15(3,4)11-17(14)10-13-8-6-7-12(13)2/h12-14,16H,5-11H2,1-4H3. The molecule has 2 nitrogen and oxygen atoms in total. The Balaban J connectivity index is 1.95. The van der Waals surface area contributed by atoms with Crippen LogP contribution >= 0.6 is 0 Å². The predicted octanol–water partition coefficient (Wildman–Crippen LogP) is 2.89. The first-order chi connectivity index (χ1) is 8.02. The summed E-state index contributed by atoms with van der Waals surface area (Å²) in [6.07, 6.45) is 5.65. The molecular weight excluding hydrogens is 208 g/mol. The molecule has 1 saturated heterocycles. The number of hydrogen-bond acceptors (Lipinski definition) is 2. The highest BCUT2D eigenvalue weighted by Gasteiger charge is 2.34. The van der Waals surface area contributed by atoms with E-state index in [0.717, 1.165) is 17.9 Å². The van der Waals surface area contributed by atoms with E-state index in [1.807, 2.05) is 0 Å². The lowest BCUT2D eigenvalue weighted by Gasteiger charge is -2.45. The van der Waals surface area contributed by atoms with Crippen molar-refractivity contribution >= 4 is 0 Å². The first-order valence-corrected chi connectivity index (χ1v) is 7.51. The van der Waals surface area contributed by atoms with Crippen LogP contribution in [-0.4, -0.2) is 36.1 Å². The lowest BCUT2D eigenvalue weighted by molar-refractivity contribution is 0.0713. The summed E-state index contributed by atoms with van der Waals surface area (Å²) in [7, 11) is 0. The van der Waals surface area contributed by atoms with E-state index in [1.54, 1.807) is 0 Å². The molecule has 2 fully saturated rings. The third kappa shape index (κ3) is 3.23. The maximum Gasteiger partial charge on any atom is 0.0252 e. The molecular formula is C15H30N2. The number of piperazine rings is 1. The smallest absolute Gasteiger partial charge is 0.0252 e. The first kappa shape index (κ1) is 13.4. The molecule has 0 aromatic rings. The Labute approximate surface area is 107 Å². The molecule has 2 aliphatic rings. The minimum Gasteiger partial charge on any atom is -0.309 e. The van der Waals surface area contributed by atoms with Crippen molar-refractivity contribution in [1.29, 1.82) is 0 Å². The Hall–Kier alpha value is -0.0800. The third-order valence-corrected chi connectivity index (χ3v) is 4.91. The highest BCUT2D eigenvalue weighted by atomic mass is 15.2. The summed E-state index contributed by atoms with van der Waals surface area (Å²) in [4.78, 5) is 2.77. The summed E-state index contributed by atoms with van der Waals surface area (Å²) in [5.41, 5.74) is 0.299. The van der Waals surface area contributed by atoms with E-state index in [9.17, 15) is 0 Å². The van der Waals surface area contributed by atoms with Crippen molar-refractivity contribution in [2.24, 2.45) is 11.8 Å². The fourth-order valence-electron chi connectivity index (χ4n) is 3.63. The van der Waals surface area contributed by atoms with Crippen LogP contribution in [0, 0.1) is 11.8 Å².